The molecule has 5 heterocycles. The van der Waals surface area contributed by atoms with E-state index in [2.05, 4.69) is 26.7 Å². The number of carbonyl (C=O) groups excluding carboxylic acids is 2. The summed E-state index contributed by atoms with van der Waals surface area (Å²) in [5.41, 5.74) is 1.50. The zero-order valence-corrected chi connectivity index (χ0v) is 25.1. The summed E-state index contributed by atoms with van der Waals surface area (Å²) in [7, 11) is 1.66. The Morgan fingerprint density at radius 3 is 2.77 bits per heavy atom. The summed E-state index contributed by atoms with van der Waals surface area (Å²) in [4.78, 5) is 56.8. The van der Waals surface area contributed by atoms with Crippen molar-refractivity contribution in [2.45, 2.75) is 37.8 Å². The van der Waals surface area contributed by atoms with E-state index in [0.717, 1.165) is 6.42 Å². The minimum Gasteiger partial charge on any atom is -0.373 e. The first-order chi connectivity index (χ1) is 21.3. The van der Waals surface area contributed by atoms with Crippen LogP contribution in [0.1, 0.15) is 30.9 Å². The molecule has 13 heteroatoms. The van der Waals surface area contributed by atoms with E-state index in [1.165, 1.54) is 18.3 Å². The number of nitrogens with one attached hydrogen (secondary N) is 1. The lowest BCUT2D eigenvalue weighted by Gasteiger charge is -2.40. The number of aromatic nitrogens is 3. The number of benzene rings is 1. The first-order valence-electron chi connectivity index (χ1n) is 14.7. The molecule has 1 unspecified atom stereocenters. The number of carbonyl (C=O) groups is 2. The van der Waals surface area contributed by atoms with Gasteiger partial charge in [0.05, 0.1) is 17.1 Å². The number of nitrogens with zero attached hydrogens (tertiary/aromatic N) is 7. The molecule has 3 aromatic rings. The minimum absolute atomic E-state index is 0.0651. The zero-order chi connectivity index (χ0) is 31.1. The highest BCUT2D eigenvalue weighted by molar-refractivity contribution is 6.35. The van der Waals surface area contributed by atoms with Crippen LogP contribution >= 0.6 is 11.6 Å². The van der Waals surface area contributed by atoms with E-state index in [1.54, 1.807) is 27.5 Å². The smallest absolute Gasteiger partial charge is 0.350 e. The molecular weight excluding hydrogens is 587 g/mol. The van der Waals surface area contributed by atoms with Gasteiger partial charge in [0, 0.05) is 68.4 Å². The molecule has 2 aromatic heterocycles. The monoisotopic (exact) mass is 618 g/mol. The second-order valence-electron chi connectivity index (χ2n) is 11.3. The number of anilines is 2. The van der Waals surface area contributed by atoms with Gasteiger partial charge < -0.3 is 24.9 Å². The van der Waals surface area contributed by atoms with E-state index < -0.39 is 17.5 Å². The van der Waals surface area contributed by atoms with Crippen LogP contribution in [0.25, 0.3) is 26.9 Å². The van der Waals surface area contributed by atoms with Gasteiger partial charge in [0.15, 0.2) is 0 Å². The average molecular weight is 619 g/mol. The van der Waals surface area contributed by atoms with Gasteiger partial charge in [0.1, 0.15) is 23.5 Å². The molecule has 2 atom stereocenters. The lowest BCUT2D eigenvalue weighted by atomic mass is 9.89. The van der Waals surface area contributed by atoms with Crippen molar-refractivity contribution in [3.63, 3.8) is 0 Å². The molecule has 0 spiro atoms. The van der Waals surface area contributed by atoms with Gasteiger partial charge in [-0.1, -0.05) is 18.2 Å². The van der Waals surface area contributed by atoms with Gasteiger partial charge in [-0.2, -0.15) is 4.98 Å². The Labute approximate surface area is 258 Å². The Hall–Kier alpha value is -4.50. The highest BCUT2D eigenvalue weighted by Crippen LogP contribution is 2.45. The van der Waals surface area contributed by atoms with Crippen LogP contribution < -0.4 is 15.9 Å². The Morgan fingerprint density at radius 1 is 1.25 bits per heavy atom. The topological polar surface area (TPSA) is 108 Å². The first-order valence-corrected chi connectivity index (χ1v) is 15.0. The number of halogens is 2. The number of amides is 2. The van der Waals surface area contributed by atoms with E-state index >= 15 is 4.39 Å². The molecule has 0 bridgehead atoms. The number of hydrogen-bond acceptors (Lipinski definition) is 7. The van der Waals surface area contributed by atoms with Gasteiger partial charge in [0.25, 0.3) is 0 Å². The van der Waals surface area contributed by atoms with Crippen molar-refractivity contribution in [2.24, 2.45) is 0 Å². The van der Waals surface area contributed by atoms with Gasteiger partial charge in [-0.25, -0.2) is 20.7 Å². The van der Waals surface area contributed by atoms with Gasteiger partial charge in [-0.05, 0) is 43.0 Å². The van der Waals surface area contributed by atoms with Crippen LogP contribution in [0.15, 0.2) is 35.8 Å². The molecule has 1 aromatic carbocycles. The standard InChI is InChI=1S/C31H32ClFN8O3/c1-4-24(42)40-13-12-39(17-19(40)15-34-2)30-21-14-22(32)26(27-23(33)9-10-36-29(27)35-3)20-8-7-18(16-38-11-5-6-25(38)43)41(28(20)21)31(44)37-30/h4,9-10,14,18-19H,1,5-8,11-13,15-17H2,3H3,(H,35,36)/t18?,19-/m0/s1. The third-order valence-corrected chi connectivity index (χ3v) is 9.16. The second-order valence-corrected chi connectivity index (χ2v) is 11.7. The Kier molecular flexibility index (Phi) is 7.98. The van der Waals surface area contributed by atoms with Crippen molar-refractivity contribution in [2.75, 3.05) is 56.5 Å². The van der Waals surface area contributed by atoms with Crippen molar-refractivity contribution >= 4 is 46.0 Å². The number of pyridine rings is 1. The van der Waals surface area contributed by atoms with Crippen molar-refractivity contribution in [3.8, 4) is 11.1 Å². The van der Waals surface area contributed by atoms with Gasteiger partial charge in [-0.3, -0.25) is 14.2 Å². The zero-order valence-electron chi connectivity index (χ0n) is 24.4. The Balaban J connectivity index is 1.56. The van der Waals surface area contributed by atoms with Crippen LogP contribution in [-0.2, 0) is 16.0 Å². The molecule has 0 aliphatic carbocycles. The molecule has 0 radical (unpaired) electrons. The van der Waals surface area contributed by atoms with Gasteiger partial charge >= 0.3 is 5.69 Å². The molecule has 11 nitrogen and oxygen atoms in total. The van der Waals surface area contributed by atoms with Gasteiger partial charge in [-0.15, -0.1) is 0 Å². The number of rotatable bonds is 7. The average Bonchev–Trinajstić information content (AvgIpc) is 3.43. The number of piperazine rings is 1. The largest absolute Gasteiger partial charge is 0.373 e. The van der Waals surface area contributed by atoms with Crippen LogP contribution in [0, 0.1) is 12.4 Å². The summed E-state index contributed by atoms with van der Waals surface area (Å²) in [6.07, 6.45) is 4.91. The predicted octanol–water partition coefficient (Wildman–Crippen LogP) is 3.52. The lowest BCUT2D eigenvalue weighted by molar-refractivity contribution is -0.129. The van der Waals surface area contributed by atoms with E-state index in [1.807, 2.05) is 4.90 Å². The maximum atomic E-state index is 15.5. The summed E-state index contributed by atoms with van der Waals surface area (Å²) in [6, 6.07) is 2.24. The normalized spacial score (nSPS) is 19.8. The van der Waals surface area contributed by atoms with Crippen molar-refractivity contribution in [3.05, 3.63) is 69.3 Å². The number of aryl methyl sites for hydroxylation is 1. The first kappa shape index (κ1) is 29.6. The number of hydrogen-bond donors (Lipinski definition) is 1. The fourth-order valence-electron chi connectivity index (χ4n) is 6.88. The maximum Gasteiger partial charge on any atom is 0.350 e. The second kappa shape index (κ2) is 11.9. The molecule has 228 valence electrons. The summed E-state index contributed by atoms with van der Waals surface area (Å²) in [5.74, 6) is 0.0275. The fourth-order valence-corrected chi connectivity index (χ4v) is 7.20. The molecular formula is C31H32ClFN8O3. The fraction of sp³-hybridized carbons (Fsp3) is 0.419. The molecule has 2 amide bonds. The maximum absolute atomic E-state index is 15.5. The van der Waals surface area contributed by atoms with Gasteiger partial charge in [0.2, 0.25) is 18.4 Å². The van der Waals surface area contributed by atoms with E-state index in [4.69, 9.17) is 18.2 Å². The van der Waals surface area contributed by atoms with Crippen molar-refractivity contribution in [1.29, 1.82) is 0 Å². The van der Waals surface area contributed by atoms with E-state index in [0.29, 0.717) is 79.1 Å². The third-order valence-electron chi connectivity index (χ3n) is 8.87. The van der Waals surface area contributed by atoms with E-state index in [9.17, 15) is 14.4 Å². The summed E-state index contributed by atoms with van der Waals surface area (Å²) in [5, 5.41) is 3.86. The van der Waals surface area contributed by atoms with E-state index in [-0.39, 0.29) is 41.5 Å². The Morgan fingerprint density at radius 2 is 2.07 bits per heavy atom. The van der Waals surface area contributed by atoms with Crippen LogP contribution in [0.3, 0.4) is 0 Å². The molecule has 0 saturated carbocycles. The quantitative estimate of drug-likeness (QED) is 0.319. The summed E-state index contributed by atoms with van der Waals surface area (Å²) in [6.45, 7) is 13.1. The van der Waals surface area contributed by atoms with Crippen LogP contribution in [-0.4, -0.2) is 88.5 Å². The number of likely N-dealkylation sites (tertiary alicyclic amines) is 1. The van der Waals surface area contributed by atoms with Crippen LogP contribution in [0.5, 0.6) is 0 Å². The molecule has 44 heavy (non-hydrogen) atoms. The minimum atomic E-state index is -0.500. The summed E-state index contributed by atoms with van der Waals surface area (Å²) >= 11 is 6.99. The highest BCUT2D eigenvalue weighted by atomic mass is 35.5. The van der Waals surface area contributed by atoms with Crippen LogP contribution in [0.4, 0.5) is 16.0 Å². The van der Waals surface area contributed by atoms with Crippen LogP contribution in [0.2, 0.25) is 5.02 Å². The molecule has 2 saturated heterocycles. The lowest BCUT2D eigenvalue weighted by Crippen LogP contribution is -2.56. The SMILES string of the molecule is [C-]#[N+]C[C@H]1CN(c2nc(=O)n3c4c(c(-c5c(F)ccnc5NC)c(Cl)cc24)CCC3CN2CCCC2=O)CCN1C(=O)C=C. The highest BCUT2D eigenvalue weighted by Gasteiger charge is 2.36. The Bertz CT molecular complexity index is 1790. The predicted molar refractivity (Wildman–Crippen MR) is 166 cm³/mol. The molecule has 3 aliphatic rings. The molecule has 6 rings (SSSR count). The molecule has 1 N–H and O–H groups in total. The molecule has 3 aliphatic heterocycles. The van der Waals surface area contributed by atoms with Crippen molar-refractivity contribution < 1.29 is 14.0 Å². The third kappa shape index (κ3) is 4.95. The van der Waals surface area contributed by atoms with Crippen molar-refractivity contribution in [1.82, 2.24) is 24.3 Å². The molecule has 2 fully saturated rings. The summed E-state index contributed by atoms with van der Waals surface area (Å²) < 4.78 is 17.1.